The van der Waals surface area contributed by atoms with Crippen LogP contribution in [-0.2, 0) is 4.79 Å². The van der Waals surface area contributed by atoms with Gasteiger partial charge in [-0.1, -0.05) is 11.8 Å². The van der Waals surface area contributed by atoms with Crippen molar-refractivity contribution >= 4 is 28.6 Å². The van der Waals surface area contributed by atoms with Crippen LogP contribution < -0.4 is 4.74 Å². The molecule has 0 saturated carbocycles. The number of carboxylic acids is 1. The van der Waals surface area contributed by atoms with Gasteiger partial charge in [-0.05, 0) is 80.6 Å². The summed E-state index contributed by atoms with van der Waals surface area (Å²) in [5, 5.41) is 11.4. The number of nitrogens with zero attached hydrogens (tertiary/aromatic N) is 4. The van der Waals surface area contributed by atoms with Gasteiger partial charge in [0.05, 0.1) is 18.5 Å². The van der Waals surface area contributed by atoms with Gasteiger partial charge in [0.1, 0.15) is 11.9 Å². The van der Waals surface area contributed by atoms with Gasteiger partial charge in [-0.3, -0.25) is 9.78 Å². The summed E-state index contributed by atoms with van der Waals surface area (Å²) in [4.78, 5) is 27.0. The second-order valence-corrected chi connectivity index (χ2v) is 9.92. The predicted molar refractivity (Wildman–Crippen MR) is 134 cm³/mol. The number of hydrogen-bond donors (Lipinski definition) is 1. The molecule has 1 saturated heterocycles. The summed E-state index contributed by atoms with van der Waals surface area (Å²) >= 11 is 1.61. The number of thioether (sulfide) groups is 1. The number of alkyl halides is 1. The molecule has 1 fully saturated rings. The van der Waals surface area contributed by atoms with Gasteiger partial charge in [-0.2, -0.15) is 0 Å². The molecule has 0 bridgehead atoms. The quantitative estimate of drug-likeness (QED) is 0.224. The second-order valence-electron chi connectivity index (χ2n) is 8.86. The molecular formula is C26H31FN4O3S. The van der Waals surface area contributed by atoms with E-state index in [1.807, 2.05) is 18.2 Å². The highest BCUT2D eigenvalue weighted by atomic mass is 32.2. The van der Waals surface area contributed by atoms with Gasteiger partial charge in [0, 0.05) is 36.3 Å². The number of ether oxygens (including phenoxy) is 1. The van der Waals surface area contributed by atoms with Crippen molar-refractivity contribution in [2.24, 2.45) is 11.8 Å². The molecule has 0 amide bonds. The van der Waals surface area contributed by atoms with Gasteiger partial charge < -0.3 is 14.7 Å². The van der Waals surface area contributed by atoms with Crippen molar-refractivity contribution in [2.45, 2.75) is 37.0 Å². The first-order valence-corrected chi connectivity index (χ1v) is 13.0. The molecule has 0 unspecified atom stereocenters. The van der Waals surface area contributed by atoms with Crippen LogP contribution in [0.25, 0.3) is 10.9 Å². The maximum Gasteiger partial charge on any atom is 0.308 e. The van der Waals surface area contributed by atoms with Crippen molar-refractivity contribution in [1.29, 1.82) is 0 Å². The Balaban J connectivity index is 1.30. The van der Waals surface area contributed by atoms with Crippen LogP contribution in [0.3, 0.4) is 0 Å². The van der Waals surface area contributed by atoms with E-state index in [2.05, 4.69) is 19.9 Å². The third-order valence-electron chi connectivity index (χ3n) is 6.66. The first-order chi connectivity index (χ1) is 17.0. The van der Waals surface area contributed by atoms with Crippen molar-refractivity contribution in [1.82, 2.24) is 19.9 Å². The molecule has 1 aromatic carbocycles. The van der Waals surface area contributed by atoms with Crippen molar-refractivity contribution in [3.8, 4) is 5.75 Å². The number of aromatic nitrogens is 3. The number of hydrogen-bond acceptors (Lipinski definition) is 7. The highest BCUT2D eigenvalue weighted by Gasteiger charge is 2.34. The number of likely N-dealkylation sites (tertiary alicyclic amines) is 1. The summed E-state index contributed by atoms with van der Waals surface area (Å²) in [6, 6.07) is 8.95. The maximum absolute atomic E-state index is 15.4. The summed E-state index contributed by atoms with van der Waals surface area (Å²) in [6.07, 6.45) is 6.43. The molecule has 4 rings (SSSR count). The summed E-state index contributed by atoms with van der Waals surface area (Å²) in [5.41, 5.74) is 1.30. The van der Waals surface area contributed by atoms with E-state index in [9.17, 15) is 9.90 Å². The van der Waals surface area contributed by atoms with Crippen LogP contribution in [0.15, 0.2) is 54.1 Å². The molecular weight excluding hydrogens is 467 g/mol. The van der Waals surface area contributed by atoms with Crippen molar-refractivity contribution < 1.29 is 19.0 Å². The molecule has 0 aliphatic carbocycles. The van der Waals surface area contributed by atoms with Crippen LogP contribution in [0.4, 0.5) is 4.39 Å². The highest BCUT2D eigenvalue weighted by molar-refractivity contribution is 7.99. The number of pyridine rings is 1. The monoisotopic (exact) mass is 498 g/mol. The average Bonchev–Trinajstić information content (AvgIpc) is 2.89. The predicted octanol–water partition coefficient (Wildman–Crippen LogP) is 5.03. The summed E-state index contributed by atoms with van der Waals surface area (Å²) in [7, 11) is 1.58. The fraction of sp³-hybridized carbons (Fsp3) is 0.462. The summed E-state index contributed by atoms with van der Waals surface area (Å²) in [6.45, 7) is 2.19. The van der Waals surface area contributed by atoms with Gasteiger partial charge in [-0.15, -0.1) is 0 Å². The Bertz CT molecular complexity index is 1120. The van der Waals surface area contributed by atoms with Crippen LogP contribution in [0, 0.1) is 11.8 Å². The lowest BCUT2D eigenvalue weighted by Gasteiger charge is -2.36. The molecule has 0 radical (unpaired) electrons. The third kappa shape index (κ3) is 6.67. The molecule has 186 valence electrons. The summed E-state index contributed by atoms with van der Waals surface area (Å²) < 4.78 is 20.7. The normalized spacial score (nSPS) is 19.5. The van der Waals surface area contributed by atoms with Crippen LogP contribution in [-0.4, -0.2) is 63.4 Å². The third-order valence-corrected chi connectivity index (χ3v) is 7.62. The zero-order valence-electron chi connectivity index (χ0n) is 19.8. The van der Waals surface area contributed by atoms with E-state index in [-0.39, 0.29) is 5.92 Å². The fourth-order valence-electron chi connectivity index (χ4n) is 4.77. The molecule has 1 aliphatic rings. The number of carboxylic acid groups (broad SMARTS) is 1. The number of benzene rings is 1. The van der Waals surface area contributed by atoms with Gasteiger partial charge in [0.15, 0.2) is 5.16 Å². The molecule has 7 nitrogen and oxygen atoms in total. The maximum atomic E-state index is 15.4. The summed E-state index contributed by atoms with van der Waals surface area (Å²) in [5.74, 6) is 0.246. The van der Waals surface area contributed by atoms with E-state index in [1.165, 1.54) is 0 Å². The SMILES string of the molecule is COc1ccc2nccc([C@@H](F)CC[C@@H]3CCN(CCCSc4ncccn4)C[C@@H]3C(=O)O)c2c1. The minimum Gasteiger partial charge on any atom is -0.497 e. The number of methoxy groups -OCH3 is 1. The minimum absolute atomic E-state index is 0.0308. The fourth-order valence-corrected chi connectivity index (χ4v) is 5.50. The average molecular weight is 499 g/mol. The number of piperidine rings is 1. The first kappa shape index (κ1) is 25.3. The minimum atomic E-state index is -1.18. The number of fused-ring (bicyclic) bond motifs is 1. The molecule has 9 heteroatoms. The zero-order chi connectivity index (χ0) is 24.6. The first-order valence-electron chi connectivity index (χ1n) is 12.0. The molecule has 3 heterocycles. The topological polar surface area (TPSA) is 88.4 Å². The molecule has 3 atom stereocenters. The van der Waals surface area contributed by atoms with Gasteiger partial charge >= 0.3 is 5.97 Å². The Labute approximate surface area is 209 Å². The van der Waals surface area contributed by atoms with E-state index >= 15 is 4.39 Å². The van der Waals surface area contributed by atoms with Gasteiger partial charge in [0.2, 0.25) is 0 Å². The number of carbonyl (C=O) groups is 1. The molecule has 0 spiro atoms. The lowest BCUT2D eigenvalue weighted by molar-refractivity contribution is -0.146. The second kappa shape index (κ2) is 12.3. The van der Waals surface area contributed by atoms with Crippen LogP contribution in [0.2, 0.25) is 0 Å². The number of aliphatic carboxylic acids is 1. The van der Waals surface area contributed by atoms with Crippen LogP contribution in [0.1, 0.15) is 37.4 Å². The Morgan fingerprint density at radius 1 is 1.26 bits per heavy atom. The van der Waals surface area contributed by atoms with Gasteiger partial charge in [0.25, 0.3) is 0 Å². The zero-order valence-corrected chi connectivity index (χ0v) is 20.7. The van der Waals surface area contributed by atoms with E-state index < -0.39 is 18.1 Å². The lowest BCUT2D eigenvalue weighted by atomic mass is 9.81. The Morgan fingerprint density at radius 3 is 2.86 bits per heavy atom. The lowest BCUT2D eigenvalue weighted by Crippen LogP contribution is -2.44. The number of rotatable bonds is 11. The van der Waals surface area contributed by atoms with Crippen molar-refractivity contribution in [3.63, 3.8) is 0 Å². The standard InChI is InChI=1S/C26H31FN4O3S/c1-34-19-5-7-24-21(16-19)20(8-12-28-24)23(27)6-4-18-9-14-31(17-22(18)25(32)33)13-3-15-35-26-29-10-2-11-30-26/h2,5,7-8,10-12,16,18,22-23H,3-4,6,9,13-15,17H2,1H3,(H,32,33)/t18-,22+,23+/m1/s1. The van der Waals surface area contributed by atoms with E-state index in [4.69, 9.17) is 4.74 Å². The highest BCUT2D eigenvalue weighted by Crippen LogP contribution is 2.35. The molecule has 1 aliphatic heterocycles. The molecule has 1 N–H and O–H groups in total. The Hall–Kier alpha value is -2.78. The van der Waals surface area contributed by atoms with Crippen LogP contribution in [0.5, 0.6) is 5.75 Å². The van der Waals surface area contributed by atoms with E-state index in [0.29, 0.717) is 30.7 Å². The molecule has 3 aromatic rings. The largest absolute Gasteiger partial charge is 0.497 e. The Morgan fingerprint density at radius 2 is 2.09 bits per heavy atom. The smallest absolute Gasteiger partial charge is 0.308 e. The van der Waals surface area contributed by atoms with Crippen molar-refractivity contribution in [3.05, 3.63) is 54.5 Å². The molecule has 2 aromatic heterocycles. The van der Waals surface area contributed by atoms with Gasteiger partial charge in [-0.25, -0.2) is 14.4 Å². The Kier molecular flexibility index (Phi) is 8.87. The van der Waals surface area contributed by atoms with E-state index in [0.717, 1.165) is 47.7 Å². The van der Waals surface area contributed by atoms with E-state index in [1.54, 1.807) is 49.6 Å². The van der Waals surface area contributed by atoms with Crippen LogP contribution >= 0.6 is 11.8 Å². The van der Waals surface area contributed by atoms with Crippen molar-refractivity contribution in [2.75, 3.05) is 32.5 Å². The number of halogens is 1. The molecule has 35 heavy (non-hydrogen) atoms.